The van der Waals surface area contributed by atoms with Crippen LogP contribution in [-0.2, 0) is 42.2 Å². The van der Waals surface area contributed by atoms with Crippen LogP contribution in [0.4, 0.5) is 0 Å². The van der Waals surface area contributed by atoms with Crippen molar-refractivity contribution in [2.24, 2.45) is 0 Å². The summed E-state index contributed by atoms with van der Waals surface area (Å²) in [5.74, 6) is 0.347. The van der Waals surface area contributed by atoms with Gasteiger partial charge in [-0.05, 0) is 108 Å². The second-order valence-corrected chi connectivity index (χ2v) is 15.6. The van der Waals surface area contributed by atoms with Crippen LogP contribution in [0.15, 0.2) is 85.2 Å². The first kappa shape index (κ1) is 40.5. The van der Waals surface area contributed by atoms with Crippen LogP contribution < -0.4 is 25.4 Å². The lowest BCUT2D eigenvalue weighted by Crippen LogP contribution is -2.40. The number of aromatic nitrogens is 1. The standard InChI is InChI=1S/C47H48ClN5O5/c1-29-35(28-58-45-21-44(57-27-32-16-31(22-49)23-51-24-32)37(20-43(45)48)25-50-15-5-10-47(55)56)6-3-8-41(29)42-9-4-7-40(30(42)2)34-12-11-33-18-39(19-36(33)17-34)52-26-38-13-14-46(54)53-38/h3-4,6-9,11-12,16-17,20-21,23-24,38-39,50,52H,5,10,13-15,18-19,25-28H2,1-2H3,(H,53,54)(H,55,56). The Morgan fingerprint density at radius 2 is 1.71 bits per heavy atom. The fourth-order valence-corrected chi connectivity index (χ4v) is 8.17. The molecule has 5 aromatic rings. The molecule has 10 nitrogen and oxygen atoms in total. The Balaban J connectivity index is 1.06. The fourth-order valence-electron chi connectivity index (χ4n) is 7.93. The van der Waals surface area contributed by atoms with Gasteiger partial charge in [0.05, 0.1) is 10.6 Å². The molecule has 1 aliphatic carbocycles. The van der Waals surface area contributed by atoms with E-state index in [1.165, 1.54) is 39.6 Å². The molecule has 2 heterocycles. The molecule has 2 aliphatic rings. The highest BCUT2D eigenvalue weighted by atomic mass is 35.5. The van der Waals surface area contributed by atoms with Crippen LogP contribution in [-0.4, -0.2) is 47.1 Å². The molecule has 2 unspecified atom stereocenters. The number of carboxylic acids is 1. The van der Waals surface area contributed by atoms with Crippen molar-refractivity contribution >= 4 is 23.5 Å². The molecule has 0 radical (unpaired) electrons. The van der Waals surface area contributed by atoms with Crippen LogP contribution >= 0.6 is 11.6 Å². The van der Waals surface area contributed by atoms with E-state index in [1.807, 2.05) is 6.07 Å². The van der Waals surface area contributed by atoms with Crippen molar-refractivity contribution in [3.63, 3.8) is 0 Å². The van der Waals surface area contributed by atoms with Gasteiger partial charge in [-0.1, -0.05) is 66.2 Å². The summed E-state index contributed by atoms with van der Waals surface area (Å²) >= 11 is 6.81. The lowest BCUT2D eigenvalue weighted by Gasteiger charge is -2.18. The smallest absolute Gasteiger partial charge is 0.303 e. The molecule has 1 aromatic heterocycles. The number of amides is 1. The van der Waals surface area contributed by atoms with Crippen molar-refractivity contribution in [3.05, 3.63) is 135 Å². The SMILES string of the molecule is Cc1c(COc2cc(OCc3cncc(C#N)c3)c(CNCCCC(=O)O)cc2Cl)cccc1-c1cccc(-c2ccc3c(c2)CC(NCC2CCC(=O)N2)C3)c1C. The number of carboxylic acid groups (broad SMARTS) is 1. The first-order valence-electron chi connectivity index (χ1n) is 19.8. The minimum atomic E-state index is -0.834. The van der Waals surface area contributed by atoms with E-state index in [1.54, 1.807) is 18.3 Å². The predicted molar refractivity (Wildman–Crippen MR) is 225 cm³/mol. The lowest BCUT2D eigenvalue weighted by molar-refractivity contribution is -0.137. The van der Waals surface area contributed by atoms with E-state index in [0.29, 0.717) is 54.1 Å². The Labute approximate surface area is 344 Å². The molecule has 4 N–H and O–H groups in total. The molecule has 1 fully saturated rings. The van der Waals surface area contributed by atoms with Crippen LogP contribution in [0.25, 0.3) is 22.3 Å². The Bertz CT molecular complexity index is 2360. The molecule has 0 saturated carbocycles. The van der Waals surface area contributed by atoms with Gasteiger partial charge < -0.3 is 30.5 Å². The highest BCUT2D eigenvalue weighted by Crippen LogP contribution is 2.38. The number of hydrogen-bond donors (Lipinski definition) is 4. The molecule has 0 bridgehead atoms. The average molecular weight is 798 g/mol. The van der Waals surface area contributed by atoms with Gasteiger partial charge in [0.2, 0.25) is 5.91 Å². The van der Waals surface area contributed by atoms with E-state index in [4.69, 9.17) is 26.2 Å². The Hall–Kier alpha value is -5.73. The molecule has 58 heavy (non-hydrogen) atoms. The van der Waals surface area contributed by atoms with Gasteiger partial charge in [0.15, 0.2) is 0 Å². The number of aliphatic carboxylic acids is 1. The Morgan fingerprint density at radius 1 is 0.931 bits per heavy atom. The summed E-state index contributed by atoms with van der Waals surface area (Å²) in [6, 6.07) is 27.7. The van der Waals surface area contributed by atoms with Crippen molar-refractivity contribution < 1.29 is 24.2 Å². The summed E-state index contributed by atoms with van der Waals surface area (Å²) in [5, 5.41) is 28.8. The monoisotopic (exact) mass is 797 g/mol. The van der Waals surface area contributed by atoms with Crippen LogP contribution in [0, 0.1) is 25.2 Å². The number of nitriles is 1. The van der Waals surface area contributed by atoms with Crippen molar-refractivity contribution in [3.8, 4) is 39.8 Å². The van der Waals surface area contributed by atoms with Crippen LogP contribution in [0.5, 0.6) is 11.5 Å². The zero-order valence-electron chi connectivity index (χ0n) is 32.9. The van der Waals surface area contributed by atoms with E-state index in [-0.39, 0.29) is 31.6 Å². The van der Waals surface area contributed by atoms with Gasteiger partial charge in [0, 0.05) is 67.6 Å². The summed E-state index contributed by atoms with van der Waals surface area (Å²) < 4.78 is 12.6. The first-order valence-corrected chi connectivity index (χ1v) is 20.2. The second kappa shape index (κ2) is 18.7. The lowest BCUT2D eigenvalue weighted by atomic mass is 9.89. The summed E-state index contributed by atoms with van der Waals surface area (Å²) in [6.07, 6.45) is 7.23. The third-order valence-electron chi connectivity index (χ3n) is 11.1. The van der Waals surface area contributed by atoms with Crippen molar-refractivity contribution in [2.45, 2.75) is 84.2 Å². The number of hydrogen-bond acceptors (Lipinski definition) is 8. The molecular formula is C47H48ClN5O5. The third kappa shape index (κ3) is 9.86. The number of halogens is 1. The summed E-state index contributed by atoms with van der Waals surface area (Å²) in [7, 11) is 0. The number of pyridine rings is 1. The minimum Gasteiger partial charge on any atom is -0.488 e. The normalized spacial score (nSPS) is 15.8. The molecule has 11 heteroatoms. The van der Waals surface area contributed by atoms with Gasteiger partial charge in [-0.3, -0.25) is 14.6 Å². The average Bonchev–Trinajstić information content (AvgIpc) is 3.84. The third-order valence-corrected chi connectivity index (χ3v) is 11.4. The van der Waals surface area contributed by atoms with Gasteiger partial charge >= 0.3 is 5.97 Å². The Morgan fingerprint density at radius 3 is 2.50 bits per heavy atom. The van der Waals surface area contributed by atoms with Crippen molar-refractivity contribution in [2.75, 3.05) is 13.1 Å². The zero-order valence-corrected chi connectivity index (χ0v) is 33.6. The van der Waals surface area contributed by atoms with Crippen molar-refractivity contribution in [1.29, 1.82) is 5.26 Å². The van der Waals surface area contributed by atoms with Gasteiger partial charge in [-0.15, -0.1) is 0 Å². The predicted octanol–water partition coefficient (Wildman–Crippen LogP) is 8.01. The topological polar surface area (TPSA) is 146 Å². The van der Waals surface area contributed by atoms with Gasteiger partial charge in [0.25, 0.3) is 0 Å². The number of fused-ring (bicyclic) bond motifs is 1. The molecule has 1 aliphatic heterocycles. The van der Waals surface area contributed by atoms with Crippen molar-refractivity contribution in [1.82, 2.24) is 20.9 Å². The van der Waals surface area contributed by atoms with E-state index < -0.39 is 5.97 Å². The molecular weight excluding hydrogens is 750 g/mol. The molecule has 1 saturated heterocycles. The van der Waals surface area contributed by atoms with Gasteiger partial charge in [0.1, 0.15) is 30.8 Å². The summed E-state index contributed by atoms with van der Waals surface area (Å²) in [5.41, 5.74) is 12.8. The highest BCUT2D eigenvalue weighted by Gasteiger charge is 2.26. The van der Waals surface area contributed by atoms with E-state index in [0.717, 1.165) is 53.6 Å². The van der Waals surface area contributed by atoms with E-state index >= 15 is 0 Å². The molecule has 4 aromatic carbocycles. The highest BCUT2D eigenvalue weighted by molar-refractivity contribution is 6.32. The number of nitrogens with zero attached hydrogens (tertiary/aromatic N) is 2. The number of rotatable bonds is 17. The molecule has 7 rings (SSSR count). The number of ether oxygens (including phenoxy) is 2. The Kier molecular flexibility index (Phi) is 13.0. The van der Waals surface area contributed by atoms with Crippen LogP contribution in [0.3, 0.4) is 0 Å². The first-order chi connectivity index (χ1) is 28.1. The van der Waals surface area contributed by atoms with E-state index in [2.05, 4.69) is 95.4 Å². The van der Waals surface area contributed by atoms with Crippen LogP contribution in [0.1, 0.15) is 70.2 Å². The van der Waals surface area contributed by atoms with Gasteiger partial charge in [-0.2, -0.15) is 5.26 Å². The zero-order chi connectivity index (χ0) is 40.6. The van der Waals surface area contributed by atoms with E-state index in [9.17, 15) is 14.9 Å². The van der Waals surface area contributed by atoms with Crippen LogP contribution in [0.2, 0.25) is 5.02 Å². The number of carbonyl (C=O) groups excluding carboxylic acids is 1. The quantitative estimate of drug-likeness (QED) is 0.0688. The maximum atomic E-state index is 11.6. The number of nitrogens with one attached hydrogen (secondary N) is 3. The maximum absolute atomic E-state index is 11.6. The van der Waals surface area contributed by atoms with Gasteiger partial charge in [-0.25, -0.2) is 0 Å². The molecule has 2 atom stereocenters. The molecule has 1 amide bonds. The molecule has 298 valence electrons. The minimum absolute atomic E-state index is 0.0797. The maximum Gasteiger partial charge on any atom is 0.303 e. The number of carbonyl (C=O) groups is 2. The number of benzene rings is 4. The fraction of sp³-hybridized carbons (Fsp3) is 0.319. The molecule has 0 spiro atoms. The largest absolute Gasteiger partial charge is 0.488 e. The summed E-state index contributed by atoms with van der Waals surface area (Å²) in [4.78, 5) is 26.7. The second-order valence-electron chi connectivity index (χ2n) is 15.2. The summed E-state index contributed by atoms with van der Waals surface area (Å²) in [6.45, 7) is 6.52.